The van der Waals surface area contributed by atoms with Crippen molar-refractivity contribution in [2.75, 3.05) is 38.1 Å². The first kappa shape index (κ1) is 93.7. The maximum absolute atomic E-state index is 11.3. The normalized spacial score (nSPS) is 10.8. The molecule has 0 radical (unpaired) electrons. The second-order valence-corrected chi connectivity index (χ2v) is 32.5. The van der Waals surface area contributed by atoms with Crippen molar-refractivity contribution in [2.24, 2.45) is 20.6 Å². The Morgan fingerprint density at radius 3 is 1.15 bits per heavy atom. The Morgan fingerprint density at radius 2 is 0.786 bits per heavy atom. The minimum Gasteiger partial charge on any atom is -0.497 e. The number of ether oxygens (including phenoxy) is 3. The number of nitro benzene ring substituents is 2. The van der Waals surface area contributed by atoms with Crippen LogP contribution in [-0.4, -0.2) is 120 Å². The van der Waals surface area contributed by atoms with Crippen LogP contribution in [0.2, 0.25) is 15.7 Å². The van der Waals surface area contributed by atoms with Crippen molar-refractivity contribution in [2.45, 2.75) is 28.8 Å². The van der Waals surface area contributed by atoms with Gasteiger partial charge in [0.2, 0.25) is 65.7 Å². The number of nitrogens with one attached hydrogen (secondary N) is 1. The summed E-state index contributed by atoms with van der Waals surface area (Å²) >= 11 is 16.5. The molecule has 0 saturated heterocycles. The van der Waals surface area contributed by atoms with Crippen molar-refractivity contribution in [1.29, 1.82) is 0 Å². The number of rotatable bonds is 20. The molecule has 0 fully saturated rings. The SMILES string of the molecule is COc1ccccc1-c1ccnc(Cl)n1.COc1ccccc1-c1ccnc(Nc2cccc(CS(N)(=O)=O)c2)n1.COc1ccccc1B(O)O.Clc1ccnc(Cl)n1.NS(=O)(=O)Cc1cccc([N+](=O)[O-])c1.Nc1cccc(CS(N)(=O)=O)c1.Nc1cccc(CS(N)(=O)=O)c1.O=[N+]([O-])c1cccc(CS(=O)(=O)Cl)c1. The van der Waals surface area contributed by atoms with E-state index in [4.69, 9.17) is 102 Å². The fourth-order valence-electron chi connectivity index (χ4n) is 8.84. The molecule has 0 unspecified atom stereocenters. The van der Waals surface area contributed by atoms with Crippen molar-refractivity contribution in [3.8, 4) is 39.8 Å². The van der Waals surface area contributed by atoms with E-state index >= 15 is 0 Å². The number of primary sulfonamides is 4. The molecule has 0 aliphatic heterocycles. The number of hydrogen-bond acceptors (Lipinski definition) is 28. The highest BCUT2D eigenvalue weighted by Crippen LogP contribution is 2.30. The zero-order valence-electron chi connectivity index (χ0n) is 59.0. The molecule has 0 saturated carbocycles. The van der Waals surface area contributed by atoms with E-state index in [0.717, 1.165) is 22.6 Å². The van der Waals surface area contributed by atoms with Crippen LogP contribution < -0.4 is 57.0 Å². The number of anilines is 4. The third-order valence-corrected chi connectivity index (χ3v) is 17.7. The molecule has 0 spiro atoms. The van der Waals surface area contributed by atoms with E-state index in [1.807, 2.05) is 48.5 Å². The van der Waals surface area contributed by atoms with E-state index in [0.29, 0.717) is 78.6 Å². The monoisotopic (exact) mass is 1710 g/mol. The van der Waals surface area contributed by atoms with Crippen LogP contribution >= 0.6 is 45.5 Å². The van der Waals surface area contributed by atoms with E-state index in [9.17, 15) is 62.3 Å². The number of nitrogen functional groups attached to an aromatic ring is 2. The number of nitro groups is 2. The molecule has 15 N–H and O–H groups in total. The number of benzene rings is 8. The molecule has 8 aromatic carbocycles. The molecule has 0 aliphatic carbocycles. The summed E-state index contributed by atoms with van der Waals surface area (Å²) in [5.74, 6) is 0.995. The van der Waals surface area contributed by atoms with Gasteiger partial charge in [0, 0.05) is 87.2 Å². The minimum atomic E-state index is -3.67. The van der Waals surface area contributed by atoms with Crippen molar-refractivity contribution < 1.29 is 76.2 Å². The first-order valence-corrected chi connectivity index (χ1v) is 41.7. The second kappa shape index (κ2) is 45.6. The number of non-ortho nitro benzene ring substituents is 2. The summed E-state index contributed by atoms with van der Waals surface area (Å²) in [5, 5.41) is 61.8. The summed E-state index contributed by atoms with van der Waals surface area (Å²) in [4.78, 5) is 43.4. The Labute approximate surface area is 664 Å². The summed E-state index contributed by atoms with van der Waals surface area (Å²) in [7, 11) is -9.54. The first-order chi connectivity index (χ1) is 52.5. The number of methoxy groups -OCH3 is 3. The lowest BCUT2D eigenvalue weighted by molar-refractivity contribution is -0.385. The summed E-state index contributed by atoms with van der Waals surface area (Å²) in [5.41, 5.74) is 18.3. The highest BCUT2D eigenvalue weighted by molar-refractivity contribution is 8.13. The van der Waals surface area contributed by atoms with Gasteiger partial charge in [0.05, 0.1) is 71.3 Å². The van der Waals surface area contributed by atoms with Gasteiger partial charge in [-0.2, -0.15) is 0 Å². The molecule has 112 heavy (non-hydrogen) atoms. The number of halogens is 4. The molecule has 11 aromatic rings. The summed E-state index contributed by atoms with van der Waals surface area (Å²) < 4.78 is 123. The Morgan fingerprint density at radius 1 is 0.429 bits per heavy atom. The molecule has 44 heteroatoms. The van der Waals surface area contributed by atoms with E-state index < -0.39 is 77.6 Å². The van der Waals surface area contributed by atoms with Crippen LogP contribution in [0.3, 0.4) is 0 Å². The second-order valence-electron chi connectivity index (χ2n) is 22.2. The molecule has 34 nitrogen and oxygen atoms in total. The molecule has 3 heterocycles. The fraction of sp³-hybridized carbons (Fsp3) is 0.118. The topological polar surface area (TPSA) is 571 Å². The average molecular weight is 1720 g/mol. The number of sulfonamides is 4. The summed E-state index contributed by atoms with van der Waals surface area (Å²) in [6.45, 7) is 0. The molecular weight excluding hydrogens is 1640 g/mol. The van der Waals surface area contributed by atoms with Gasteiger partial charge < -0.3 is 41.0 Å². The quantitative estimate of drug-likeness (QED) is 0.00654. The van der Waals surface area contributed by atoms with Gasteiger partial charge in [-0.15, -0.1) is 0 Å². The maximum atomic E-state index is 11.3. The Bertz CT molecular complexity index is 5380. The van der Waals surface area contributed by atoms with Gasteiger partial charge >= 0.3 is 7.12 Å². The lowest BCUT2D eigenvalue weighted by Gasteiger charge is -2.10. The number of para-hydroxylation sites is 3. The van der Waals surface area contributed by atoms with Gasteiger partial charge in [0.15, 0.2) is 0 Å². The van der Waals surface area contributed by atoms with Gasteiger partial charge in [0.25, 0.3) is 11.4 Å². The van der Waals surface area contributed by atoms with Crippen LogP contribution in [0.25, 0.3) is 22.5 Å². The van der Waals surface area contributed by atoms with Crippen LogP contribution in [0.15, 0.2) is 231 Å². The van der Waals surface area contributed by atoms with E-state index in [1.54, 1.807) is 142 Å². The highest BCUT2D eigenvalue weighted by Gasteiger charge is 2.17. The molecule has 11 rings (SSSR count). The molecule has 0 bridgehead atoms. The van der Waals surface area contributed by atoms with Crippen LogP contribution in [0.1, 0.15) is 27.8 Å². The van der Waals surface area contributed by atoms with Gasteiger partial charge in [-0.05, 0) is 136 Å². The zero-order chi connectivity index (χ0) is 83.4. The summed E-state index contributed by atoms with van der Waals surface area (Å²) in [6, 6.07) is 58.0. The Balaban J connectivity index is 0.000000276. The predicted octanol–water partition coefficient (Wildman–Crippen LogP) is 8.81. The third kappa shape index (κ3) is 38.8. The minimum absolute atomic E-state index is 0.147. The number of nitrogens with two attached hydrogens (primary N) is 6. The van der Waals surface area contributed by atoms with Gasteiger partial charge in [-0.3, -0.25) is 20.2 Å². The van der Waals surface area contributed by atoms with E-state index in [-0.39, 0.29) is 39.2 Å². The van der Waals surface area contributed by atoms with Gasteiger partial charge in [-0.25, -0.2) is 92.5 Å². The summed E-state index contributed by atoms with van der Waals surface area (Å²) in [6.07, 6.45) is 4.76. The standard InChI is InChI=1S/C18H18N4O3S.C11H9ClN2O.C7H9BO3.C7H6ClNO4S.C7H8N2O4S.2C7H10N2O2S.C4H2Cl2N2/c1-25-17-8-3-2-7-15(17)16-9-10-20-18(22-16)21-14-6-4-5-13(11-14)12-26(19,23)24;1-15-10-5-3-2-4-8(10)9-6-7-13-11(12)14-9;1-11-7-5-3-2-4-6(7)8(9)10;2*8-14(12,13)5-6-2-1-3-7(4-6)9(10)11;2*8-7-3-1-2-6(4-7)5-12(9,10)11;5-3-1-2-7-4(6)8-3/h2-11H,12H2,1H3,(H2,19,23,24)(H,20,21,22);2-7H,1H3;2-5,9-10H,1H3;1-4H,5H2;1-4H,5H2,(H2,8,12,13);2*1-4H,5,8H2,(H2,9,10,11);1-2H. The van der Waals surface area contributed by atoms with Crippen LogP contribution in [0, 0.1) is 20.2 Å². The van der Waals surface area contributed by atoms with Crippen molar-refractivity contribution in [3.63, 3.8) is 0 Å². The van der Waals surface area contributed by atoms with Crippen molar-refractivity contribution >= 4 is 142 Å². The van der Waals surface area contributed by atoms with E-state index in [2.05, 4.69) is 35.2 Å². The van der Waals surface area contributed by atoms with Crippen molar-refractivity contribution in [3.05, 3.63) is 295 Å². The fourth-order valence-corrected chi connectivity index (χ4v) is 12.8. The molecule has 0 amide bonds. The molecular formula is C68H72BCl4N15O19S5. The lowest BCUT2D eigenvalue weighted by Crippen LogP contribution is -2.30. The average Bonchev–Trinajstić information content (AvgIpc) is 0.832. The number of hydrogen-bond donors (Lipinski definition) is 9. The molecule has 3 aromatic heterocycles. The Kier molecular flexibility index (Phi) is 38.2. The van der Waals surface area contributed by atoms with Crippen LogP contribution in [0.4, 0.5) is 34.4 Å². The third-order valence-electron chi connectivity index (χ3n) is 13.2. The molecule has 0 aliphatic rings. The van der Waals surface area contributed by atoms with Gasteiger partial charge in [-0.1, -0.05) is 115 Å². The van der Waals surface area contributed by atoms with E-state index in [1.165, 1.54) is 61.8 Å². The zero-order valence-corrected chi connectivity index (χ0v) is 66.1. The number of nitrogens with zero attached hydrogens (tertiary/aromatic N) is 8. The lowest BCUT2D eigenvalue weighted by atomic mass is 9.80. The Hall–Kier alpha value is -10.7. The molecule has 594 valence electrons. The molecule has 0 atom stereocenters. The van der Waals surface area contributed by atoms with Gasteiger partial charge in [0.1, 0.15) is 22.4 Å². The first-order valence-electron chi connectivity index (χ1n) is 31.2. The van der Waals surface area contributed by atoms with Crippen LogP contribution in [-0.2, 0) is 77.9 Å². The highest BCUT2D eigenvalue weighted by atomic mass is 35.7. The largest absolute Gasteiger partial charge is 0.497 e. The maximum Gasteiger partial charge on any atom is 0.492 e. The number of aromatic nitrogens is 6. The van der Waals surface area contributed by atoms with Crippen molar-refractivity contribution in [1.82, 2.24) is 29.9 Å². The smallest absolute Gasteiger partial charge is 0.492 e. The predicted molar refractivity (Wildman–Crippen MR) is 431 cm³/mol. The van der Waals surface area contributed by atoms with Crippen LogP contribution in [0.5, 0.6) is 17.2 Å².